The minimum Gasteiger partial charge on any atom is -0.378 e. The highest BCUT2D eigenvalue weighted by molar-refractivity contribution is 6.08. The molecule has 0 bridgehead atoms. The number of fused-ring (bicyclic) bond motifs is 1. The number of alkyl halides is 3. The van der Waals surface area contributed by atoms with Crippen LogP contribution in [0.3, 0.4) is 0 Å². The summed E-state index contributed by atoms with van der Waals surface area (Å²) in [6, 6.07) is 14.8. The number of carbonyl (C=O) groups is 3. The van der Waals surface area contributed by atoms with E-state index in [2.05, 4.69) is 25.9 Å². The van der Waals surface area contributed by atoms with Crippen molar-refractivity contribution in [1.82, 2.24) is 9.97 Å². The number of benzene rings is 3. The SMILES string of the molecule is CC(=O)Nc1cc(C(=O)Nc2ccc(C)c(N3Cc4cnc(Nc5cccc(N(C)C)c5)nc4N(C)C3=O)c2)cc(C(F)(F)F)c1. The van der Waals surface area contributed by atoms with Gasteiger partial charge in [-0.3, -0.25) is 19.4 Å². The van der Waals surface area contributed by atoms with Crippen molar-refractivity contribution in [2.75, 3.05) is 51.8 Å². The number of urea groups is 1. The third-order valence-electron chi connectivity index (χ3n) is 7.23. The molecule has 1 aliphatic rings. The lowest BCUT2D eigenvalue weighted by atomic mass is 10.1. The number of hydrogen-bond acceptors (Lipinski definition) is 7. The van der Waals surface area contributed by atoms with Gasteiger partial charge >= 0.3 is 12.2 Å². The summed E-state index contributed by atoms with van der Waals surface area (Å²) >= 11 is 0. The van der Waals surface area contributed by atoms with Gasteiger partial charge in [-0.15, -0.1) is 0 Å². The molecule has 4 amide bonds. The Bertz CT molecular complexity index is 1840. The van der Waals surface area contributed by atoms with Crippen LogP contribution in [0.2, 0.25) is 0 Å². The Morgan fingerprint density at radius 2 is 1.72 bits per heavy atom. The van der Waals surface area contributed by atoms with Crippen LogP contribution in [0.5, 0.6) is 0 Å². The van der Waals surface area contributed by atoms with E-state index >= 15 is 0 Å². The van der Waals surface area contributed by atoms with Gasteiger partial charge < -0.3 is 20.9 Å². The van der Waals surface area contributed by atoms with Gasteiger partial charge in [0.25, 0.3) is 5.91 Å². The summed E-state index contributed by atoms with van der Waals surface area (Å²) in [5, 5.41) is 8.07. The van der Waals surface area contributed by atoms with E-state index in [-0.39, 0.29) is 29.5 Å². The molecule has 11 nitrogen and oxygen atoms in total. The third kappa shape index (κ3) is 6.85. The second-order valence-electron chi connectivity index (χ2n) is 11.0. The summed E-state index contributed by atoms with van der Waals surface area (Å²) in [6.45, 7) is 3.08. The minimum atomic E-state index is -4.74. The lowest BCUT2D eigenvalue weighted by Gasteiger charge is -2.35. The lowest BCUT2D eigenvalue weighted by Crippen LogP contribution is -2.46. The molecule has 0 atom stereocenters. The number of carbonyl (C=O) groups excluding carboxylic acids is 3. The highest BCUT2D eigenvalue weighted by atomic mass is 19.4. The summed E-state index contributed by atoms with van der Waals surface area (Å²) < 4.78 is 40.5. The molecule has 3 aromatic carbocycles. The molecule has 0 spiro atoms. The quantitative estimate of drug-likeness (QED) is 0.216. The molecule has 0 unspecified atom stereocenters. The Balaban J connectivity index is 1.38. The molecule has 14 heteroatoms. The van der Waals surface area contributed by atoms with Crippen LogP contribution in [0.1, 0.15) is 34.0 Å². The van der Waals surface area contributed by atoms with Crippen LogP contribution < -0.4 is 30.7 Å². The number of rotatable bonds is 7. The standard InChI is InChI=1S/C32H31F3N8O3/c1-18-9-10-24(38-29(45)20-11-22(32(33,34)35)13-25(12-20)37-19(2)44)15-27(18)43-17-21-16-36-30(40-28(21)42(5)31(43)46)39-23-7-6-8-26(14-23)41(3)4/h6-16H,17H2,1-5H3,(H,37,44)(H,38,45)(H,36,39,40). The fourth-order valence-corrected chi connectivity index (χ4v) is 4.93. The topological polar surface area (TPSA) is 123 Å². The first-order valence-corrected chi connectivity index (χ1v) is 14.1. The van der Waals surface area contributed by atoms with E-state index in [4.69, 9.17) is 0 Å². The van der Waals surface area contributed by atoms with Gasteiger partial charge in [0.1, 0.15) is 5.82 Å². The molecule has 4 aromatic rings. The van der Waals surface area contributed by atoms with Gasteiger partial charge in [-0.1, -0.05) is 12.1 Å². The van der Waals surface area contributed by atoms with Gasteiger partial charge in [0.2, 0.25) is 11.9 Å². The minimum absolute atomic E-state index is 0.140. The summed E-state index contributed by atoms with van der Waals surface area (Å²) in [6.07, 6.45) is -3.10. The second kappa shape index (κ2) is 12.4. The van der Waals surface area contributed by atoms with E-state index in [9.17, 15) is 27.6 Å². The van der Waals surface area contributed by atoms with Crippen molar-refractivity contribution in [2.45, 2.75) is 26.6 Å². The van der Waals surface area contributed by atoms with E-state index in [0.717, 1.165) is 36.0 Å². The average Bonchev–Trinajstić information content (AvgIpc) is 2.99. The normalized spacial score (nSPS) is 12.8. The Morgan fingerprint density at radius 3 is 2.41 bits per heavy atom. The van der Waals surface area contributed by atoms with Crippen LogP contribution in [0, 0.1) is 6.92 Å². The molecular weight excluding hydrogens is 601 g/mol. The Kier molecular flexibility index (Phi) is 8.55. The molecule has 1 aliphatic heterocycles. The molecule has 3 N–H and O–H groups in total. The first kappa shape index (κ1) is 31.8. The van der Waals surface area contributed by atoms with Crippen LogP contribution in [0.25, 0.3) is 0 Å². The molecule has 2 heterocycles. The summed E-state index contributed by atoms with van der Waals surface area (Å²) in [4.78, 5) is 52.1. The number of aromatic nitrogens is 2. The molecule has 0 fully saturated rings. The van der Waals surface area contributed by atoms with E-state index < -0.39 is 23.6 Å². The van der Waals surface area contributed by atoms with Gasteiger partial charge in [-0.25, -0.2) is 9.78 Å². The maximum Gasteiger partial charge on any atom is 0.416 e. The van der Waals surface area contributed by atoms with E-state index in [1.54, 1.807) is 38.4 Å². The molecule has 5 rings (SSSR count). The number of hydrogen-bond donors (Lipinski definition) is 3. The first-order chi connectivity index (χ1) is 21.7. The Morgan fingerprint density at radius 1 is 0.957 bits per heavy atom. The predicted octanol–water partition coefficient (Wildman–Crippen LogP) is 6.40. The number of halogens is 3. The van der Waals surface area contributed by atoms with Crippen molar-refractivity contribution in [3.63, 3.8) is 0 Å². The highest BCUT2D eigenvalue weighted by Crippen LogP contribution is 2.35. The number of amides is 4. The van der Waals surface area contributed by atoms with Gasteiger partial charge in [0, 0.05) is 68.1 Å². The fourth-order valence-electron chi connectivity index (χ4n) is 4.93. The second-order valence-corrected chi connectivity index (χ2v) is 11.0. The predicted molar refractivity (Wildman–Crippen MR) is 171 cm³/mol. The maximum absolute atomic E-state index is 13.6. The van der Waals surface area contributed by atoms with Crippen LogP contribution in [-0.2, 0) is 17.5 Å². The van der Waals surface area contributed by atoms with E-state index in [1.807, 2.05) is 43.3 Å². The van der Waals surface area contributed by atoms with Gasteiger partial charge in [-0.05, 0) is 61.0 Å². The molecule has 238 valence electrons. The zero-order valence-corrected chi connectivity index (χ0v) is 25.7. The molecule has 1 aromatic heterocycles. The summed E-state index contributed by atoms with van der Waals surface area (Å²) in [5.41, 5.74) is 2.34. The van der Waals surface area contributed by atoms with Crippen molar-refractivity contribution in [3.05, 3.63) is 89.1 Å². The number of aryl methyl sites for hydroxylation is 1. The van der Waals surface area contributed by atoms with Crippen LogP contribution in [0.15, 0.2) is 66.9 Å². The van der Waals surface area contributed by atoms with Crippen molar-refractivity contribution in [2.24, 2.45) is 0 Å². The monoisotopic (exact) mass is 632 g/mol. The van der Waals surface area contributed by atoms with Crippen LogP contribution in [0.4, 0.5) is 58.2 Å². The zero-order valence-electron chi connectivity index (χ0n) is 25.7. The van der Waals surface area contributed by atoms with Crippen molar-refractivity contribution >= 4 is 58.0 Å². The lowest BCUT2D eigenvalue weighted by molar-refractivity contribution is -0.137. The maximum atomic E-state index is 13.6. The largest absolute Gasteiger partial charge is 0.416 e. The average molecular weight is 633 g/mol. The van der Waals surface area contributed by atoms with Crippen molar-refractivity contribution in [3.8, 4) is 0 Å². The van der Waals surface area contributed by atoms with Crippen LogP contribution in [-0.4, -0.2) is 49.0 Å². The molecule has 46 heavy (non-hydrogen) atoms. The number of nitrogens with one attached hydrogen (secondary N) is 3. The summed E-state index contributed by atoms with van der Waals surface area (Å²) in [5.74, 6) is -0.659. The number of nitrogens with zero attached hydrogens (tertiary/aromatic N) is 5. The molecule has 0 radical (unpaired) electrons. The van der Waals surface area contributed by atoms with Crippen LogP contribution >= 0.6 is 0 Å². The molecular formula is C32H31F3N8O3. The third-order valence-corrected chi connectivity index (χ3v) is 7.23. The van der Waals surface area contributed by atoms with Gasteiger partial charge in [-0.2, -0.15) is 18.2 Å². The van der Waals surface area contributed by atoms with Crippen molar-refractivity contribution in [1.29, 1.82) is 0 Å². The fraction of sp³-hybridized carbons (Fsp3) is 0.219. The first-order valence-electron chi connectivity index (χ1n) is 14.1. The molecule has 0 saturated heterocycles. The molecule has 0 aliphatic carbocycles. The van der Waals surface area contributed by atoms with Gasteiger partial charge in [0.15, 0.2) is 0 Å². The number of anilines is 7. The zero-order chi connectivity index (χ0) is 33.3. The van der Waals surface area contributed by atoms with E-state index in [0.29, 0.717) is 29.1 Å². The van der Waals surface area contributed by atoms with E-state index in [1.165, 1.54) is 9.80 Å². The smallest absolute Gasteiger partial charge is 0.378 e. The highest BCUT2D eigenvalue weighted by Gasteiger charge is 2.33. The Labute approximate surface area is 263 Å². The van der Waals surface area contributed by atoms with Gasteiger partial charge in [0.05, 0.1) is 17.8 Å². The molecule has 0 saturated carbocycles. The Hall–Kier alpha value is -5.66. The summed E-state index contributed by atoms with van der Waals surface area (Å²) in [7, 11) is 5.47. The van der Waals surface area contributed by atoms with Crippen molar-refractivity contribution < 1.29 is 27.6 Å².